The summed E-state index contributed by atoms with van der Waals surface area (Å²) in [4.78, 5) is 35.3. The number of hydrogen-bond acceptors (Lipinski definition) is 5. The second kappa shape index (κ2) is 17.2. The van der Waals surface area contributed by atoms with Crippen LogP contribution in [-0.2, 0) is 22.4 Å². The summed E-state index contributed by atoms with van der Waals surface area (Å²) in [6, 6.07) is 5.59. The first-order valence-corrected chi connectivity index (χ1v) is 12.0. The molecule has 0 aliphatic carbocycles. The van der Waals surface area contributed by atoms with Gasteiger partial charge in [-0.25, -0.2) is 9.97 Å². The van der Waals surface area contributed by atoms with Gasteiger partial charge in [0, 0.05) is 44.0 Å². The maximum absolute atomic E-state index is 11.6. The summed E-state index contributed by atoms with van der Waals surface area (Å²) in [7, 11) is 0. The third-order valence-electron chi connectivity index (χ3n) is 5.07. The van der Waals surface area contributed by atoms with Crippen molar-refractivity contribution in [3.05, 3.63) is 54.4 Å². The molecule has 0 aliphatic rings. The molecule has 5 nitrogen and oxygen atoms in total. The van der Waals surface area contributed by atoms with E-state index < -0.39 is 0 Å². The van der Waals surface area contributed by atoms with Crippen LogP contribution in [0.1, 0.15) is 90.4 Å². The summed E-state index contributed by atoms with van der Waals surface area (Å²) in [5.74, 6) is 2.68. The Morgan fingerprint density at radius 1 is 0.750 bits per heavy atom. The molecule has 2 heterocycles. The van der Waals surface area contributed by atoms with E-state index >= 15 is 0 Å². The van der Waals surface area contributed by atoms with Gasteiger partial charge >= 0.3 is 0 Å². The molecular formula is C27H41N3O2. The molecule has 0 N–H and O–H groups in total. The van der Waals surface area contributed by atoms with Crippen LogP contribution in [0.5, 0.6) is 0 Å². The van der Waals surface area contributed by atoms with Crippen molar-refractivity contribution < 1.29 is 9.59 Å². The number of nitrogens with zero attached hydrogens (tertiary/aromatic N) is 3. The summed E-state index contributed by atoms with van der Waals surface area (Å²) in [6.07, 6.45) is 15.9. The molecule has 0 amide bonds. The largest absolute Gasteiger partial charge is 0.299 e. The van der Waals surface area contributed by atoms with Gasteiger partial charge in [0.15, 0.2) is 0 Å². The van der Waals surface area contributed by atoms with Crippen molar-refractivity contribution in [1.29, 1.82) is 0 Å². The van der Waals surface area contributed by atoms with Crippen LogP contribution in [0.2, 0.25) is 0 Å². The number of aromatic nitrogens is 3. The highest BCUT2D eigenvalue weighted by atomic mass is 16.1. The first-order valence-electron chi connectivity index (χ1n) is 12.0. The molecule has 0 radical (unpaired) electrons. The lowest BCUT2D eigenvalue weighted by Gasteiger charge is -2.04. The molecule has 0 aliphatic heterocycles. The molecule has 2 aromatic rings. The third kappa shape index (κ3) is 15.4. The Kier molecular flexibility index (Phi) is 14.8. The Balaban J connectivity index is 0.000000320. The minimum atomic E-state index is 0.245. The highest BCUT2D eigenvalue weighted by Gasteiger charge is 2.06. The van der Waals surface area contributed by atoms with Gasteiger partial charge in [-0.05, 0) is 42.4 Å². The standard InChI is InChI=1S/C14H21NO.C13H20N2O/c1-12(2)6-3-4-8-14(16)10-13-7-5-9-15-11-13;1-11(2)6-3-4-7-12(16)10-13-14-8-5-9-15-13/h5,7,9,11-12H,3-4,6,8,10H2,1-2H3;5,8-9,11H,3-4,6-7,10H2,1-2H3. The zero-order valence-electron chi connectivity index (χ0n) is 20.4. The third-order valence-corrected chi connectivity index (χ3v) is 5.07. The minimum absolute atomic E-state index is 0.245. The minimum Gasteiger partial charge on any atom is -0.299 e. The molecule has 5 heteroatoms. The van der Waals surface area contributed by atoms with Crippen molar-refractivity contribution in [3.8, 4) is 0 Å². The average molecular weight is 440 g/mol. The summed E-state index contributed by atoms with van der Waals surface area (Å²) in [5, 5.41) is 0. The lowest BCUT2D eigenvalue weighted by atomic mass is 10.0. The first kappa shape index (κ1) is 27.6. The van der Waals surface area contributed by atoms with Gasteiger partial charge in [-0.1, -0.05) is 59.4 Å². The lowest BCUT2D eigenvalue weighted by molar-refractivity contribution is -0.119. The molecule has 0 bridgehead atoms. The highest BCUT2D eigenvalue weighted by Crippen LogP contribution is 2.10. The van der Waals surface area contributed by atoms with Crippen LogP contribution in [-0.4, -0.2) is 26.5 Å². The summed E-state index contributed by atoms with van der Waals surface area (Å²) < 4.78 is 0. The smallest absolute Gasteiger partial charge is 0.140 e. The predicted octanol–water partition coefficient (Wildman–Crippen LogP) is 6.21. The number of hydrogen-bond donors (Lipinski definition) is 0. The van der Waals surface area contributed by atoms with Crippen LogP contribution < -0.4 is 0 Å². The van der Waals surface area contributed by atoms with E-state index in [9.17, 15) is 9.59 Å². The van der Waals surface area contributed by atoms with Gasteiger partial charge < -0.3 is 0 Å². The van der Waals surface area contributed by atoms with E-state index in [0.29, 0.717) is 37.3 Å². The van der Waals surface area contributed by atoms with Crippen LogP contribution in [0.4, 0.5) is 0 Å². The van der Waals surface area contributed by atoms with Crippen LogP contribution in [0.15, 0.2) is 43.0 Å². The molecule has 0 unspecified atom stereocenters. The molecule has 0 atom stereocenters. The number of unbranched alkanes of at least 4 members (excludes halogenated alkanes) is 2. The van der Waals surface area contributed by atoms with Gasteiger partial charge in [-0.2, -0.15) is 0 Å². The maximum Gasteiger partial charge on any atom is 0.140 e. The number of pyridine rings is 1. The zero-order valence-corrected chi connectivity index (χ0v) is 20.4. The van der Waals surface area contributed by atoms with Gasteiger partial charge in [0.25, 0.3) is 0 Å². The Bertz CT molecular complexity index is 681. The van der Waals surface area contributed by atoms with Crippen molar-refractivity contribution in [2.45, 2.75) is 91.9 Å². The number of carbonyl (C=O) groups is 2. The van der Waals surface area contributed by atoms with Crippen molar-refractivity contribution >= 4 is 11.6 Å². The van der Waals surface area contributed by atoms with Gasteiger partial charge in [0.2, 0.25) is 0 Å². The summed E-state index contributed by atoms with van der Waals surface area (Å²) >= 11 is 0. The van der Waals surface area contributed by atoms with Gasteiger partial charge in [0.1, 0.15) is 17.4 Å². The molecule has 2 rings (SSSR count). The SMILES string of the molecule is CC(C)CCCCC(=O)Cc1cccnc1.CC(C)CCCCC(=O)Cc1ncccn1. The fourth-order valence-corrected chi connectivity index (χ4v) is 3.25. The molecule has 176 valence electrons. The van der Waals surface area contributed by atoms with E-state index in [1.54, 1.807) is 30.9 Å². The Morgan fingerprint density at radius 2 is 1.31 bits per heavy atom. The monoisotopic (exact) mass is 439 g/mol. The number of carbonyl (C=O) groups excluding carboxylic acids is 2. The van der Waals surface area contributed by atoms with Gasteiger partial charge in [-0.3, -0.25) is 14.6 Å². The quantitative estimate of drug-likeness (QED) is 0.327. The molecule has 32 heavy (non-hydrogen) atoms. The molecular weight excluding hydrogens is 398 g/mol. The van der Waals surface area contributed by atoms with Gasteiger partial charge in [0.05, 0.1) is 6.42 Å². The number of Topliss-reactive ketones (excluding diaryl/α,β-unsaturated/α-hetero) is 2. The molecule has 0 aromatic carbocycles. The Labute approximate surface area is 194 Å². The zero-order chi connectivity index (χ0) is 23.6. The normalized spacial score (nSPS) is 10.7. The van der Waals surface area contributed by atoms with Crippen molar-refractivity contribution in [2.24, 2.45) is 11.8 Å². The highest BCUT2D eigenvalue weighted by molar-refractivity contribution is 5.80. The fraction of sp³-hybridized carbons (Fsp3) is 0.593. The second-order valence-corrected chi connectivity index (χ2v) is 9.24. The Hall–Kier alpha value is -2.43. The lowest BCUT2D eigenvalue weighted by Crippen LogP contribution is -2.05. The predicted molar refractivity (Wildman–Crippen MR) is 130 cm³/mol. The molecule has 0 saturated heterocycles. The van der Waals surface area contributed by atoms with E-state index in [1.165, 1.54) is 12.8 Å². The summed E-state index contributed by atoms with van der Waals surface area (Å²) in [5.41, 5.74) is 1.02. The van der Waals surface area contributed by atoms with E-state index in [2.05, 4.69) is 42.6 Å². The van der Waals surface area contributed by atoms with Crippen LogP contribution in [0.25, 0.3) is 0 Å². The molecule has 0 fully saturated rings. The van der Waals surface area contributed by atoms with Crippen LogP contribution in [0.3, 0.4) is 0 Å². The van der Waals surface area contributed by atoms with E-state index in [0.717, 1.165) is 43.1 Å². The summed E-state index contributed by atoms with van der Waals surface area (Å²) in [6.45, 7) is 8.86. The van der Waals surface area contributed by atoms with E-state index in [4.69, 9.17) is 0 Å². The van der Waals surface area contributed by atoms with Gasteiger partial charge in [-0.15, -0.1) is 0 Å². The maximum atomic E-state index is 11.6. The number of ketones is 2. The van der Waals surface area contributed by atoms with Crippen molar-refractivity contribution in [1.82, 2.24) is 15.0 Å². The van der Waals surface area contributed by atoms with E-state index in [1.807, 2.05) is 12.1 Å². The van der Waals surface area contributed by atoms with Crippen molar-refractivity contribution in [3.63, 3.8) is 0 Å². The molecule has 2 aromatic heterocycles. The number of rotatable bonds is 14. The Morgan fingerprint density at radius 3 is 1.81 bits per heavy atom. The fourth-order valence-electron chi connectivity index (χ4n) is 3.25. The molecule has 0 spiro atoms. The second-order valence-electron chi connectivity index (χ2n) is 9.24. The first-order chi connectivity index (χ1) is 15.4. The van der Waals surface area contributed by atoms with Crippen LogP contribution in [0, 0.1) is 11.8 Å². The van der Waals surface area contributed by atoms with Crippen molar-refractivity contribution in [2.75, 3.05) is 0 Å². The topological polar surface area (TPSA) is 72.8 Å². The average Bonchev–Trinajstić information content (AvgIpc) is 2.76. The van der Waals surface area contributed by atoms with E-state index in [-0.39, 0.29) is 5.78 Å². The molecule has 0 saturated carbocycles. The van der Waals surface area contributed by atoms with Crippen LogP contribution >= 0.6 is 0 Å².